The predicted octanol–water partition coefficient (Wildman–Crippen LogP) is -0.643. The van der Waals surface area contributed by atoms with Gasteiger partial charge in [-0.2, -0.15) is 13.2 Å². The van der Waals surface area contributed by atoms with Gasteiger partial charge in [0.1, 0.15) is 0 Å². The SMILES string of the molecule is O=c1[nH]cc(S(=O)(=O)C(F)(F)F)c(=O)[nH]1. The number of aromatic nitrogens is 2. The molecule has 2 N–H and O–H groups in total. The maximum absolute atomic E-state index is 12.0. The zero-order chi connectivity index (χ0) is 11.9. The van der Waals surface area contributed by atoms with Crippen molar-refractivity contribution in [3.8, 4) is 0 Å². The van der Waals surface area contributed by atoms with Crippen molar-refractivity contribution in [2.45, 2.75) is 10.4 Å². The summed E-state index contributed by atoms with van der Waals surface area (Å²) < 4.78 is 57.3. The minimum absolute atomic E-state index is 0.198. The topological polar surface area (TPSA) is 99.9 Å². The van der Waals surface area contributed by atoms with Gasteiger partial charge in [0.05, 0.1) is 0 Å². The molecule has 6 nitrogen and oxygen atoms in total. The zero-order valence-corrected chi connectivity index (χ0v) is 7.57. The summed E-state index contributed by atoms with van der Waals surface area (Å²) >= 11 is 0. The lowest BCUT2D eigenvalue weighted by atomic mass is 10.7. The first-order valence-electron chi connectivity index (χ1n) is 3.29. The lowest BCUT2D eigenvalue weighted by molar-refractivity contribution is -0.0436. The van der Waals surface area contributed by atoms with Gasteiger partial charge >= 0.3 is 11.2 Å². The van der Waals surface area contributed by atoms with E-state index in [1.165, 1.54) is 4.98 Å². The average molecular weight is 244 g/mol. The Labute approximate surface area is 79.7 Å². The molecule has 1 rings (SSSR count). The third kappa shape index (κ3) is 1.93. The summed E-state index contributed by atoms with van der Waals surface area (Å²) in [6.45, 7) is 0. The van der Waals surface area contributed by atoms with E-state index in [2.05, 4.69) is 0 Å². The van der Waals surface area contributed by atoms with E-state index in [-0.39, 0.29) is 6.20 Å². The first-order chi connectivity index (χ1) is 6.66. The zero-order valence-electron chi connectivity index (χ0n) is 6.75. The lowest BCUT2D eigenvalue weighted by Gasteiger charge is -2.05. The van der Waals surface area contributed by atoms with Crippen LogP contribution in [0.5, 0.6) is 0 Å². The summed E-state index contributed by atoms with van der Waals surface area (Å²) in [5.41, 5.74) is -8.30. The molecule has 0 aliphatic carbocycles. The van der Waals surface area contributed by atoms with Crippen molar-refractivity contribution >= 4 is 9.84 Å². The number of sulfone groups is 1. The van der Waals surface area contributed by atoms with Gasteiger partial charge in [-0.15, -0.1) is 0 Å². The normalized spacial score (nSPS) is 12.7. The lowest BCUT2D eigenvalue weighted by Crippen LogP contribution is -2.32. The third-order valence-electron chi connectivity index (χ3n) is 1.38. The second-order valence-electron chi connectivity index (χ2n) is 2.39. The van der Waals surface area contributed by atoms with Gasteiger partial charge in [0.25, 0.3) is 15.4 Å². The molecule has 1 aromatic heterocycles. The highest BCUT2D eigenvalue weighted by atomic mass is 32.2. The molecule has 84 valence electrons. The number of nitrogens with one attached hydrogen (secondary N) is 2. The predicted molar refractivity (Wildman–Crippen MR) is 40.9 cm³/mol. The van der Waals surface area contributed by atoms with Crippen molar-refractivity contribution in [3.63, 3.8) is 0 Å². The summed E-state index contributed by atoms with van der Waals surface area (Å²) in [4.78, 5) is 22.7. The van der Waals surface area contributed by atoms with Crippen LogP contribution in [0.4, 0.5) is 13.2 Å². The molecule has 1 aromatic rings. The van der Waals surface area contributed by atoms with Crippen molar-refractivity contribution in [2.75, 3.05) is 0 Å². The minimum atomic E-state index is -5.74. The van der Waals surface area contributed by atoms with Gasteiger partial charge in [-0.05, 0) is 0 Å². The molecule has 10 heteroatoms. The van der Waals surface area contributed by atoms with Gasteiger partial charge in [-0.25, -0.2) is 13.2 Å². The van der Waals surface area contributed by atoms with Gasteiger partial charge in [0.15, 0.2) is 4.90 Å². The number of alkyl halides is 3. The van der Waals surface area contributed by atoms with E-state index in [0.717, 1.165) is 0 Å². The molecule has 0 atom stereocenters. The monoisotopic (exact) mass is 244 g/mol. The highest BCUT2D eigenvalue weighted by Crippen LogP contribution is 2.27. The summed E-state index contributed by atoms with van der Waals surface area (Å²) in [6.07, 6.45) is 0.198. The van der Waals surface area contributed by atoms with Crippen LogP contribution >= 0.6 is 0 Å². The van der Waals surface area contributed by atoms with E-state index >= 15 is 0 Å². The van der Waals surface area contributed by atoms with E-state index in [0.29, 0.717) is 0 Å². The first-order valence-corrected chi connectivity index (χ1v) is 4.78. The molecule has 0 saturated heterocycles. The molecular weight excluding hydrogens is 241 g/mol. The van der Waals surface area contributed by atoms with E-state index in [1.807, 2.05) is 0 Å². The second kappa shape index (κ2) is 3.22. The number of rotatable bonds is 1. The van der Waals surface area contributed by atoms with Gasteiger partial charge in [0.2, 0.25) is 0 Å². The van der Waals surface area contributed by atoms with Crippen LogP contribution in [0, 0.1) is 0 Å². The van der Waals surface area contributed by atoms with E-state index in [4.69, 9.17) is 0 Å². The highest BCUT2D eigenvalue weighted by molar-refractivity contribution is 7.92. The Kier molecular flexibility index (Phi) is 2.47. The quantitative estimate of drug-likeness (QED) is 0.686. The van der Waals surface area contributed by atoms with Crippen molar-refractivity contribution in [2.24, 2.45) is 0 Å². The number of hydrogen-bond donors (Lipinski definition) is 2. The standard InChI is InChI=1S/C5H3F3N2O4S/c6-5(7,8)15(13,14)2-1-9-4(12)10-3(2)11/h1H,(H2,9,10,11,12). The number of H-pyrrole nitrogens is 2. The van der Waals surface area contributed by atoms with E-state index < -0.39 is 31.5 Å². The van der Waals surface area contributed by atoms with Crippen LogP contribution in [-0.2, 0) is 9.84 Å². The summed E-state index contributed by atoms with van der Waals surface area (Å²) in [6, 6.07) is 0. The molecule has 1 heterocycles. The van der Waals surface area contributed by atoms with Crippen molar-refractivity contribution in [3.05, 3.63) is 27.0 Å². The van der Waals surface area contributed by atoms with Crippen LogP contribution in [0.15, 0.2) is 20.7 Å². The third-order valence-corrected chi connectivity index (χ3v) is 2.87. The largest absolute Gasteiger partial charge is 0.502 e. The Hall–Kier alpha value is -1.58. The van der Waals surface area contributed by atoms with Gasteiger partial charge < -0.3 is 4.98 Å². The molecule has 0 unspecified atom stereocenters. The summed E-state index contributed by atoms with van der Waals surface area (Å²) in [7, 11) is -5.74. The van der Waals surface area contributed by atoms with Gasteiger partial charge in [-0.3, -0.25) is 9.78 Å². The molecule has 0 bridgehead atoms. The molecule has 0 radical (unpaired) electrons. The van der Waals surface area contributed by atoms with Crippen LogP contribution in [0.25, 0.3) is 0 Å². The molecule has 0 saturated carbocycles. The van der Waals surface area contributed by atoms with Crippen LogP contribution in [0.3, 0.4) is 0 Å². The number of hydrogen-bond acceptors (Lipinski definition) is 4. The Morgan fingerprint density at radius 2 is 1.73 bits per heavy atom. The first kappa shape index (κ1) is 11.5. The minimum Gasteiger partial charge on any atom is -0.313 e. The Balaban J connectivity index is 3.56. The van der Waals surface area contributed by atoms with E-state index in [1.54, 1.807) is 4.98 Å². The van der Waals surface area contributed by atoms with Crippen LogP contribution < -0.4 is 11.2 Å². The molecule has 0 fully saturated rings. The van der Waals surface area contributed by atoms with E-state index in [9.17, 15) is 31.2 Å². The highest BCUT2D eigenvalue weighted by Gasteiger charge is 2.48. The van der Waals surface area contributed by atoms with Crippen LogP contribution in [-0.4, -0.2) is 23.9 Å². The fraction of sp³-hybridized carbons (Fsp3) is 0.200. The molecular formula is C5H3F3N2O4S. The number of halogens is 3. The van der Waals surface area contributed by atoms with Crippen molar-refractivity contribution < 1.29 is 21.6 Å². The molecule has 0 spiro atoms. The Morgan fingerprint density at radius 3 is 2.13 bits per heavy atom. The van der Waals surface area contributed by atoms with Crippen molar-refractivity contribution in [1.82, 2.24) is 9.97 Å². The fourth-order valence-electron chi connectivity index (χ4n) is 0.722. The maximum Gasteiger partial charge on any atom is 0.502 e. The fourth-order valence-corrected chi connectivity index (χ4v) is 1.48. The average Bonchev–Trinajstić information content (AvgIpc) is 2.00. The Morgan fingerprint density at radius 1 is 1.20 bits per heavy atom. The molecule has 0 aromatic carbocycles. The van der Waals surface area contributed by atoms with Crippen LogP contribution in [0.2, 0.25) is 0 Å². The molecule has 0 amide bonds. The van der Waals surface area contributed by atoms with Crippen LogP contribution in [0.1, 0.15) is 0 Å². The summed E-state index contributed by atoms with van der Waals surface area (Å²) in [5, 5.41) is 0. The van der Waals surface area contributed by atoms with Gasteiger partial charge in [-0.1, -0.05) is 0 Å². The molecule has 0 aliphatic rings. The van der Waals surface area contributed by atoms with Gasteiger partial charge in [0, 0.05) is 6.20 Å². The molecule has 15 heavy (non-hydrogen) atoms. The number of aromatic amines is 2. The molecule has 0 aliphatic heterocycles. The Bertz CT molecular complexity index is 581. The van der Waals surface area contributed by atoms with Crippen molar-refractivity contribution in [1.29, 1.82) is 0 Å². The second-order valence-corrected chi connectivity index (χ2v) is 4.29. The smallest absolute Gasteiger partial charge is 0.313 e. The maximum atomic E-state index is 12.0. The summed E-state index contributed by atoms with van der Waals surface area (Å²) in [5.74, 6) is 0.